The molecule has 6 nitrogen and oxygen atoms in total. The van der Waals surface area contributed by atoms with E-state index < -0.39 is 0 Å². The molecule has 1 aromatic heterocycles. The van der Waals surface area contributed by atoms with E-state index in [1.165, 1.54) is 49.9 Å². The van der Waals surface area contributed by atoms with Gasteiger partial charge in [0.2, 0.25) is 0 Å². The number of aliphatic imine (C=N–C) groups is 1. The minimum absolute atomic E-state index is 0.509. The lowest BCUT2D eigenvalue weighted by Crippen LogP contribution is -2.45. The molecule has 0 aromatic carbocycles. The van der Waals surface area contributed by atoms with Gasteiger partial charge in [0, 0.05) is 50.0 Å². The molecule has 1 aliphatic carbocycles. The van der Waals surface area contributed by atoms with Crippen LogP contribution >= 0.6 is 0 Å². The van der Waals surface area contributed by atoms with Crippen molar-refractivity contribution in [3.05, 3.63) is 17.0 Å². The molecule has 6 heteroatoms. The summed E-state index contributed by atoms with van der Waals surface area (Å²) < 4.78 is 1.94. The second kappa shape index (κ2) is 8.21. The Morgan fingerprint density at radius 2 is 2.00 bits per heavy atom. The van der Waals surface area contributed by atoms with E-state index in [9.17, 15) is 0 Å². The van der Waals surface area contributed by atoms with Gasteiger partial charge in [0.05, 0.1) is 12.2 Å². The summed E-state index contributed by atoms with van der Waals surface area (Å²) >= 11 is 0. The highest BCUT2D eigenvalue weighted by atomic mass is 15.3. The summed E-state index contributed by atoms with van der Waals surface area (Å²) in [5, 5.41) is 11.6. The van der Waals surface area contributed by atoms with Crippen molar-refractivity contribution in [2.75, 3.05) is 19.6 Å². The van der Waals surface area contributed by atoms with Crippen LogP contribution in [0.3, 0.4) is 0 Å². The molecule has 0 bridgehead atoms. The minimum Gasteiger partial charge on any atom is -0.357 e. The molecule has 140 valence electrons. The van der Waals surface area contributed by atoms with Crippen LogP contribution in [-0.2, 0) is 13.6 Å². The van der Waals surface area contributed by atoms with Gasteiger partial charge in [-0.3, -0.25) is 9.58 Å². The average Bonchev–Trinajstić information content (AvgIpc) is 3.29. The highest BCUT2D eigenvalue weighted by Crippen LogP contribution is 2.26. The fraction of sp³-hybridized carbons (Fsp3) is 0.789. The topological polar surface area (TPSA) is 57.5 Å². The van der Waals surface area contributed by atoms with E-state index >= 15 is 0 Å². The summed E-state index contributed by atoms with van der Waals surface area (Å²) in [7, 11) is 2.00. The van der Waals surface area contributed by atoms with E-state index in [4.69, 9.17) is 4.99 Å². The van der Waals surface area contributed by atoms with Crippen molar-refractivity contribution < 1.29 is 0 Å². The maximum Gasteiger partial charge on any atom is 0.191 e. The molecule has 2 heterocycles. The Labute approximate surface area is 152 Å². The number of nitrogens with one attached hydrogen (secondary N) is 2. The molecule has 25 heavy (non-hydrogen) atoms. The monoisotopic (exact) mass is 346 g/mol. The molecule has 0 radical (unpaired) electrons. The first-order valence-corrected chi connectivity index (χ1v) is 9.86. The van der Waals surface area contributed by atoms with Crippen LogP contribution in [0, 0.1) is 13.8 Å². The molecule has 1 aliphatic heterocycles. The van der Waals surface area contributed by atoms with Gasteiger partial charge >= 0.3 is 0 Å². The number of aromatic nitrogens is 2. The maximum absolute atomic E-state index is 4.83. The molecular weight excluding hydrogens is 312 g/mol. The number of hydrogen-bond acceptors (Lipinski definition) is 3. The molecular formula is C19H34N6. The summed E-state index contributed by atoms with van der Waals surface area (Å²) in [6, 6.07) is 1.33. The van der Waals surface area contributed by atoms with Gasteiger partial charge in [0.25, 0.3) is 0 Å². The first kappa shape index (κ1) is 18.2. The van der Waals surface area contributed by atoms with E-state index in [0.717, 1.165) is 30.8 Å². The summed E-state index contributed by atoms with van der Waals surface area (Å²) in [5.41, 5.74) is 3.51. The lowest BCUT2D eigenvalue weighted by molar-refractivity contribution is 0.242. The van der Waals surface area contributed by atoms with Gasteiger partial charge in [-0.15, -0.1) is 0 Å². The van der Waals surface area contributed by atoms with E-state index in [1.54, 1.807) is 0 Å². The zero-order chi connectivity index (χ0) is 17.8. The third-order valence-electron chi connectivity index (χ3n) is 5.80. The summed E-state index contributed by atoms with van der Waals surface area (Å²) in [6.07, 6.45) is 6.81. The first-order chi connectivity index (χ1) is 12.1. The number of guanidine groups is 1. The Kier molecular flexibility index (Phi) is 5.99. The van der Waals surface area contributed by atoms with Crippen molar-refractivity contribution in [2.24, 2.45) is 12.0 Å². The van der Waals surface area contributed by atoms with Crippen LogP contribution in [0.2, 0.25) is 0 Å². The molecule has 1 saturated heterocycles. The van der Waals surface area contributed by atoms with Crippen LogP contribution < -0.4 is 10.6 Å². The van der Waals surface area contributed by atoms with Gasteiger partial charge in [-0.25, -0.2) is 4.99 Å². The van der Waals surface area contributed by atoms with Crippen LogP contribution in [0.1, 0.15) is 56.0 Å². The van der Waals surface area contributed by atoms with Gasteiger partial charge in [-0.2, -0.15) is 5.10 Å². The third-order valence-corrected chi connectivity index (χ3v) is 5.80. The van der Waals surface area contributed by atoms with Crippen LogP contribution in [0.4, 0.5) is 0 Å². The van der Waals surface area contributed by atoms with E-state index in [-0.39, 0.29) is 0 Å². The van der Waals surface area contributed by atoms with E-state index in [2.05, 4.69) is 41.4 Å². The smallest absolute Gasteiger partial charge is 0.191 e. The van der Waals surface area contributed by atoms with Gasteiger partial charge in [-0.1, -0.05) is 12.8 Å². The Bertz CT molecular complexity index is 599. The van der Waals surface area contributed by atoms with Crippen molar-refractivity contribution >= 4 is 5.96 Å². The SMILES string of the molecule is CCNC(=NCc1c(C)nn(C)c1C)NC1CCN(C2CCCC2)C1. The van der Waals surface area contributed by atoms with Crippen molar-refractivity contribution in [1.82, 2.24) is 25.3 Å². The third kappa shape index (κ3) is 4.35. The zero-order valence-electron chi connectivity index (χ0n) is 16.3. The minimum atomic E-state index is 0.509. The normalized spacial score (nSPS) is 22.7. The average molecular weight is 347 g/mol. The molecule has 1 aromatic rings. The lowest BCUT2D eigenvalue weighted by Gasteiger charge is -2.24. The molecule has 2 aliphatic rings. The Balaban J connectivity index is 1.59. The van der Waals surface area contributed by atoms with Crippen LogP contribution in [0.5, 0.6) is 0 Å². The van der Waals surface area contributed by atoms with E-state index in [1.807, 2.05) is 11.7 Å². The second-order valence-electron chi connectivity index (χ2n) is 7.53. The Morgan fingerprint density at radius 1 is 1.24 bits per heavy atom. The van der Waals surface area contributed by atoms with Crippen molar-refractivity contribution in [1.29, 1.82) is 0 Å². The summed E-state index contributed by atoms with van der Waals surface area (Å²) in [4.78, 5) is 7.51. The molecule has 3 rings (SSSR count). The van der Waals surface area contributed by atoms with Crippen LogP contribution in [0.25, 0.3) is 0 Å². The predicted molar refractivity (Wildman–Crippen MR) is 103 cm³/mol. The molecule has 0 amide bonds. The molecule has 1 saturated carbocycles. The van der Waals surface area contributed by atoms with Crippen molar-refractivity contribution in [3.8, 4) is 0 Å². The molecule has 0 spiro atoms. The summed E-state index contributed by atoms with van der Waals surface area (Å²) in [5.74, 6) is 0.934. The molecule has 2 fully saturated rings. The second-order valence-corrected chi connectivity index (χ2v) is 7.53. The van der Waals surface area contributed by atoms with Gasteiger partial charge < -0.3 is 10.6 Å². The largest absolute Gasteiger partial charge is 0.357 e. The quantitative estimate of drug-likeness (QED) is 0.633. The number of hydrogen-bond donors (Lipinski definition) is 2. The predicted octanol–water partition coefficient (Wildman–Crippen LogP) is 2.11. The fourth-order valence-electron chi connectivity index (χ4n) is 4.22. The van der Waals surface area contributed by atoms with Gasteiger partial charge in [0.15, 0.2) is 5.96 Å². The first-order valence-electron chi connectivity index (χ1n) is 9.86. The van der Waals surface area contributed by atoms with Gasteiger partial charge in [0.1, 0.15) is 0 Å². The highest BCUT2D eigenvalue weighted by Gasteiger charge is 2.30. The molecule has 2 N–H and O–H groups in total. The number of aryl methyl sites for hydroxylation is 2. The van der Waals surface area contributed by atoms with Crippen molar-refractivity contribution in [2.45, 2.75) is 71.5 Å². The number of likely N-dealkylation sites (tertiary alicyclic amines) is 1. The number of rotatable bonds is 5. The van der Waals surface area contributed by atoms with Gasteiger partial charge in [-0.05, 0) is 40.0 Å². The number of nitrogens with zero attached hydrogens (tertiary/aromatic N) is 4. The Hall–Kier alpha value is -1.56. The van der Waals surface area contributed by atoms with Crippen LogP contribution in [-0.4, -0.2) is 52.4 Å². The maximum atomic E-state index is 4.83. The summed E-state index contributed by atoms with van der Waals surface area (Å²) in [6.45, 7) is 10.2. The molecule has 1 atom stereocenters. The van der Waals surface area contributed by atoms with Crippen LogP contribution in [0.15, 0.2) is 4.99 Å². The highest BCUT2D eigenvalue weighted by molar-refractivity contribution is 5.80. The molecule has 1 unspecified atom stereocenters. The fourth-order valence-corrected chi connectivity index (χ4v) is 4.22. The van der Waals surface area contributed by atoms with E-state index in [0.29, 0.717) is 12.6 Å². The van der Waals surface area contributed by atoms with Crippen molar-refractivity contribution in [3.63, 3.8) is 0 Å². The lowest BCUT2D eigenvalue weighted by atomic mass is 10.2. The zero-order valence-corrected chi connectivity index (χ0v) is 16.3. The standard InChI is InChI=1S/C19H34N6/c1-5-20-19(21-12-18-14(2)23-24(4)15(18)3)22-16-10-11-25(13-16)17-8-6-7-9-17/h16-17H,5-13H2,1-4H3,(H2,20,21,22). The Morgan fingerprint density at radius 3 is 2.64 bits per heavy atom.